The third kappa shape index (κ3) is 13.1. The minimum Gasteiger partial charge on any atom is -0.310 e. The molecule has 3 heteroatoms. The summed E-state index contributed by atoms with van der Waals surface area (Å²) in [7, 11) is 0. The Morgan fingerprint density at radius 1 is 0.137 bits per heavy atom. The maximum atomic E-state index is 2.47. The maximum Gasteiger partial charge on any atom is 0.0714 e. The highest BCUT2D eigenvalue weighted by Gasteiger charge is 2.50. The smallest absolute Gasteiger partial charge is 0.0714 e. The molecule has 0 radical (unpaired) electrons. The number of fused-ring (bicyclic) bond motifs is 9. The number of nitrogens with zero attached hydrogens (tertiary/aromatic N) is 3. The first kappa shape index (κ1) is 85.4. The van der Waals surface area contributed by atoms with E-state index < -0.39 is 16.2 Å². The van der Waals surface area contributed by atoms with Crippen molar-refractivity contribution in [3.63, 3.8) is 0 Å². The molecule has 27 aromatic rings. The van der Waals surface area contributed by atoms with Gasteiger partial charge in [0.05, 0.1) is 33.3 Å². The van der Waals surface area contributed by atoms with E-state index in [9.17, 15) is 0 Å². The molecule has 3 aliphatic rings. The van der Waals surface area contributed by atoms with Crippen LogP contribution in [-0.4, -0.2) is 0 Å². The Hall–Kier alpha value is -18.5. The van der Waals surface area contributed by atoms with Crippen molar-refractivity contribution in [3.8, 4) is 33.4 Å². The fourth-order valence-electron chi connectivity index (χ4n) is 25.9. The Balaban J connectivity index is 0.000000106. The molecule has 0 saturated heterocycles. The van der Waals surface area contributed by atoms with Gasteiger partial charge < -0.3 is 14.7 Å². The van der Waals surface area contributed by atoms with E-state index in [2.05, 4.69) is 581 Å². The molecule has 0 atom stereocenters. The van der Waals surface area contributed by atoms with Crippen LogP contribution in [0.5, 0.6) is 0 Å². The van der Waals surface area contributed by atoms with Crippen molar-refractivity contribution in [1.29, 1.82) is 0 Å². The first-order valence-corrected chi connectivity index (χ1v) is 50.9. The second-order valence-corrected chi connectivity index (χ2v) is 39.6. The second-order valence-electron chi connectivity index (χ2n) is 39.6. The lowest BCUT2D eigenvalue weighted by atomic mass is 9.67. The highest BCUT2D eigenvalue weighted by atomic mass is 15.2. The van der Waals surface area contributed by atoms with E-state index in [1.165, 1.54) is 225 Å². The average Bonchev–Trinajstić information content (AvgIpc) is 1.54. The topological polar surface area (TPSA) is 9.72 Å². The van der Waals surface area contributed by atoms with E-state index in [0.29, 0.717) is 0 Å². The fourth-order valence-corrected chi connectivity index (χ4v) is 25.9. The van der Waals surface area contributed by atoms with Crippen LogP contribution in [-0.2, 0) is 16.2 Å². The van der Waals surface area contributed by atoms with E-state index in [4.69, 9.17) is 0 Å². The Bertz CT molecular complexity index is 9580. The van der Waals surface area contributed by atoms with Crippen LogP contribution in [0.15, 0.2) is 552 Å². The first-order valence-electron chi connectivity index (χ1n) is 50.9. The number of anilines is 9. The molecule has 30 rings (SSSR count). The van der Waals surface area contributed by atoms with Gasteiger partial charge in [-0.1, -0.05) is 467 Å². The molecular formula is C143H97N3. The molecule has 0 aromatic heterocycles. The van der Waals surface area contributed by atoms with Gasteiger partial charge >= 0.3 is 0 Å². The van der Waals surface area contributed by atoms with Crippen molar-refractivity contribution in [2.75, 3.05) is 14.7 Å². The quantitative estimate of drug-likeness (QED) is 0.0947. The van der Waals surface area contributed by atoms with Crippen LogP contribution in [0.4, 0.5) is 51.2 Å². The highest BCUT2D eigenvalue weighted by Crippen LogP contribution is 2.62. The molecule has 0 saturated carbocycles. The molecule has 0 aliphatic heterocycles. The van der Waals surface area contributed by atoms with Crippen molar-refractivity contribution < 1.29 is 0 Å². The third-order valence-corrected chi connectivity index (χ3v) is 31.9. The number of para-hydroxylation sites is 2. The molecule has 0 fully saturated rings. The molecular weight excluding hydrogens is 1760 g/mol. The van der Waals surface area contributed by atoms with Crippen molar-refractivity contribution in [2.45, 2.75) is 30.1 Å². The van der Waals surface area contributed by atoms with Gasteiger partial charge in [0.2, 0.25) is 0 Å². The summed E-state index contributed by atoms with van der Waals surface area (Å²) in [6, 6.07) is 204. The lowest BCUT2D eigenvalue weighted by Crippen LogP contribution is -2.29. The molecule has 684 valence electrons. The molecule has 146 heavy (non-hydrogen) atoms. The Morgan fingerprint density at radius 2 is 0.336 bits per heavy atom. The standard InChI is InChI=1S/2C48H33N.C47H31N/c1-32-12-9-15-36(30-32)48(43-22-7-5-20-40(43)41-21-6-8-23-44(41)48)37-16-11-19-39(31-37)49(38-17-3-2-4-18-38)45-29-27-35-25-24-33-13-10-14-34-26-28-42(45)47(35)46(33)34;1-32-12-9-18-38(30-32)49(45-29-27-35-25-24-33-13-10-14-34-26-28-42(45)47(35)46(33)34)39-19-11-17-37(31-39)48(36-15-3-2-4-16-36)43-22-7-5-20-40(43)41-21-6-8-23-44(41)48;1-3-15-35(16-4-1)47(42-23-9-7-21-39(42)40-22-8-10-24-43(40)47)36-17-12-20-38(31-36)48(37-18-5-2-6-19-37)44-30-28-34-26-25-32-13-11-14-33-27-29-41(44)46(34)45(32)33/h2*2-31H,1H3;1-31H. The van der Waals surface area contributed by atoms with Gasteiger partial charge in [-0.15, -0.1) is 0 Å². The first-order chi connectivity index (χ1) is 72.2. The van der Waals surface area contributed by atoms with Crippen LogP contribution in [0, 0.1) is 13.8 Å². The summed E-state index contributed by atoms with van der Waals surface area (Å²) >= 11 is 0. The molecule has 27 aromatic carbocycles. The predicted molar refractivity (Wildman–Crippen MR) is 616 cm³/mol. The van der Waals surface area contributed by atoms with E-state index in [-0.39, 0.29) is 0 Å². The van der Waals surface area contributed by atoms with Crippen LogP contribution >= 0.6 is 0 Å². The zero-order valence-corrected chi connectivity index (χ0v) is 80.9. The molecule has 0 N–H and O–H groups in total. The van der Waals surface area contributed by atoms with Gasteiger partial charge in [0.1, 0.15) is 0 Å². The largest absolute Gasteiger partial charge is 0.310 e. The fraction of sp³-hybridized carbons (Fsp3) is 0.0350. The Morgan fingerprint density at radius 3 is 0.630 bits per heavy atom. The minimum absolute atomic E-state index is 0.463. The van der Waals surface area contributed by atoms with Crippen molar-refractivity contribution >= 4 is 148 Å². The molecule has 3 aliphatic carbocycles. The van der Waals surface area contributed by atoms with Crippen LogP contribution in [0.2, 0.25) is 0 Å². The number of hydrogen-bond donors (Lipinski definition) is 0. The zero-order chi connectivity index (χ0) is 96.7. The van der Waals surface area contributed by atoms with E-state index in [1.54, 1.807) is 0 Å². The molecule has 0 spiro atoms. The zero-order valence-electron chi connectivity index (χ0n) is 80.9. The van der Waals surface area contributed by atoms with Gasteiger partial charge in [0, 0.05) is 50.3 Å². The number of aryl methyl sites for hydroxylation is 2. The van der Waals surface area contributed by atoms with E-state index >= 15 is 0 Å². The predicted octanol–water partition coefficient (Wildman–Crippen LogP) is 37.9. The van der Waals surface area contributed by atoms with Gasteiger partial charge in [0.25, 0.3) is 0 Å². The average molecular weight is 1860 g/mol. The normalized spacial score (nSPS) is 13.2. The van der Waals surface area contributed by atoms with Crippen molar-refractivity contribution in [1.82, 2.24) is 0 Å². The molecule has 3 nitrogen and oxygen atoms in total. The summed E-state index contributed by atoms with van der Waals surface area (Å²) in [5.74, 6) is 0. The lowest BCUT2D eigenvalue weighted by molar-refractivity contribution is 0.767. The number of benzene rings is 27. The minimum atomic E-state index is -0.472. The van der Waals surface area contributed by atoms with Crippen molar-refractivity contribution in [2.24, 2.45) is 0 Å². The summed E-state index contributed by atoms with van der Waals surface area (Å²) < 4.78 is 0. The molecule has 0 unspecified atom stereocenters. The summed E-state index contributed by atoms with van der Waals surface area (Å²) in [5, 5.41) is 23.2. The van der Waals surface area contributed by atoms with Gasteiger partial charge in [-0.2, -0.15) is 0 Å². The van der Waals surface area contributed by atoms with Gasteiger partial charge in [-0.25, -0.2) is 0 Å². The highest BCUT2D eigenvalue weighted by molar-refractivity contribution is 6.29. The Kier molecular flexibility index (Phi) is 20.1. The van der Waals surface area contributed by atoms with Crippen LogP contribution in [0.3, 0.4) is 0 Å². The third-order valence-electron chi connectivity index (χ3n) is 31.9. The lowest BCUT2D eigenvalue weighted by Gasteiger charge is -2.35. The van der Waals surface area contributed by atoms with Crippen molar-refractivity contribution in [3.05, 3.63) is 630 Å². The number of rotatable bonds is 15. The summed E-state index contributed by atoms with van der Waals surface area (Å²) in [6.45, 7) is 4.38. The maximum absolute atomic E-state index is 2.47. The van der Waals surface area contributed by atoms with E-state index in [1.807, 2.05) is 0 Å². The summed E-state index contributed by atoms with van der Waals surface area (Å²) in [5.41, 5.74) is 34.8. The summed E-state index contributed by atoms with van der Waals surface area (Å²) in [6.07, 6.45) is 0. The van der Waals surface area contributed by atoms with Crippen LogP contribution < -0.4 is 14.7 Å². The van der Waals surface area contributed by atoms with E-state index in [0.717, 1.165) is 34.1 Å². The molecule has 0 bridgehead atoms. The molecule has 0 heterocycles. The monoisotopic (exact) mass is 1860 g/mol. The van der Waals surface area contributed by atoms with Gasteiger partial charge in [-0.3, -0.25) is 0 Å². The summed E-state index contributed by atoms with van der Waals surface area (Å²) in [4.78, 5) is 7.36. The second kappa shape index (κ2) is 34.4. The molecule has 0 amide bonds. The number of hydrogen-bond acceptors (Lipinski definition) is 3. The van der Waals surface area contributed by atoms with Gasteiger partial charge in [-0.05, 0) is 291 Å². The SMILES string of the molecule is Cc1cccc(C2(c3cccc(N(c4ccccc4)c4ccc5ccc6cccc7ccc4c5c67)c3)c3ccccc3-c3ccccc32)c1.Cc1cccc(N(c2cccc(C3(c4ccccc4)c4ccccc4-c4ccccc43)c2)c2ccc3ccc4cccc5ccc2c3c45)c1.c1ccc(N(c2cccc(C3(c4ccccc4)c4ccccc4-c4ccccc43)c2)c2ccc3ccc4cccc5ccc2c3c45)cc1. The van der Waals surface area contributed by atoms with Crippen LogP contribution in [0.25, 0.3) is 130 Å². The Labute approximate surface area is 850 Å². The van der Waals surface area contributed by atoms with Gasteiger partial charge in [0.15, 0.2) is 0 Å². The van der Waals surface area contributed by atoms with Crippen LogP contribution in [0.1, 0.15) is 77.9 Å².